The Hall–Kier alpha value is -2.57. The molecular formula is C16H20N2O5. The van der Waals surface area contributed by atoms with Gasteiger partial charge in [0.05, 0.1) is 6.42 Å². The fourth-order valence-electron chi connectivity index (χ4n) is 2.62. The molecule has 1 aliphatic rings. The van der Waals surface area contributed by atoms with Crippen molar-refractivity contribution in [2.75, 3.05) is 13.2 Å². The average Bonchev–Trinajstić information content (AvgIpc) is 2.53. The Morgan fingerprint density at radius 1 is 1.22 bits per heavy atom. The number of nitrogens with zero attached hydrogens (tertiary/aromatic N) is 1. The Balaban J connectivity index is 1.90. The molecule has 0 unspecified atom stereocenters. The number of piperidine rings is 1. The van der Waals surface area contributed by atoms with Crippen molar-refractivity contribution < 1.29 is 24.2 Å². The fraction of sp³-hybridized carbons (Fsp3) is 0.438. The van der Waals surface area contributed by atoms with Gasteiger partial charge in [0.15, 0.2) is 6.61 Å². The number of carbonyl (C=O) groups excluding carboxylic acids is 2. The summed E-state index contributed by atoms with van der Waals surface area (Å²) >= 11 is 0. The second-order valence-electron chi connectivity index (χ2n) is 5.51. The van der Waals surface area contributed by atoms with Gasteiger partial charge in [-0.25, -0.2) is 4.79 Å². The highest BCUT2D eigenvalue weighted by molar-refractivity contribution is 5.84. The van der Waals surface area contributed by atoms with E-state index in [-0.39, 0.29) is 18.9 Å². The summed E-state index contributed by atoms with van der Waals surface area (Å²) in [6.07, 6.45) is 2.23. The average molecular weight is 320 g/mol. The first-order valence-corrected chi connectivity index (χ1v) is 7.49. The first kappa shape index (κ1) is 16.8. The molecule has 0 aliphatic carbocycles. The summed E-state index contributed by atoms with van der Waals surface area (Å²) in [5.74, 6) is -1.25. The van der Waals surface area contributed by atoms with Gasteiger partial charge < -0.3 is 20.5 Å². The lowest BCUT2D eigenvalue weighted by molar-refractivity contribution is -0.152. The smallest absolute Gasteiger partial charge is 0.326 e. The fourth-order valence-corrected chi connectivity index (χ4v) is 2.62. The van der Waals surface area contributed by atoms with Gasteiger partial charge in [0.1, 0.15) is 11.8 Å². The minimum atomic E-state index is -0.978. The molecule has 1 atom stereocenters. The maximum absolute atomic E-state index is 12.2. The van der Waals surface area contributed by atoms with E-state index in [0.29, 0.717) is 18.7 Å². The largest absolute Gasteiger partial charge is 0.484 e. The molecule has 7 heteroatoms. The number of likely N-dealkylation sites (tertiary alicyclic amines) is 1. The van der Waals surface area contributed by atoms with Crippen LogP contribution in [0, 0.1) is 0 Å². The van der Waals surface area contributed by atoms with Crippen LogP contribution < -0.4 is 10.5 Å². The van der Waals surface area contributed by atoms with Crippen LogP contribution >= 0.6 is 0 Å². The van der Waals surface area contributed by atoms with Crippen molar-refractivity contribution in [1.29, 1.82) is 0 Å². The third-order valence-electron chi connectivity index (χ3n) is 3.77. The molecule has 1 aromatic rings. The topological polar surface area (TPSA) is 110 Å². The molecule has 2 rings (SSSR count). The molecule has 124 valence electrons. The number of rotatable bonds is 6. The molecule has 0 saturated carbocycles. The van der Waals surface area contributed by atoms with Crippen LogP contribution in [-0.2, 0) is 20.8 Å². The summed E-state index contributed by atoms with van der Waals surface area (Å²) in [5.41, 5.74) is 5.87. The molecule has 0 bridgehead atoms. The third kappa shape index (κ3) is 4.70. The number of carboxylic acid groups (broad SMARTS) is 1. The lowest BCUT2D eigenvalue weighted by atomic mass is 10.0. The van der Waals surface area contributed by atoms with Crippen molar-refractivity contribution in [2.24, 2.45) is 5.73 Å². The molecule has 0 spiro atoms. The van der Waals surface area contributed by atoms with Crippen molar-refractivity contribution in [1.82, 2.24) is 4.90 Å². The van der Waals surface area contributed by atoms with Crippen molar-refractivity contribution in [3.8, 4) is 5.75 Å². The molecule has 2 amide bonds. The predicted molar refractivity (Wildman–Crippen MR) is 81.8 cm³/mol. The van der Waals surface area contributed by atoms with Crippen molar-refractivity contribution >= 4 is 17.8 Å². The number of primary amides is 1. The molecule has 1 aliphatic heterocycles. The standard InChI is InChI=1S/C16H20N2O5/c17-14(19)9-11-4-6-12(7-5-11)23-10-15(20)18-8-2-1-3-13(18)16(21)22/h4-7,13H,1-3,8-10H2,(H2,17,19)(H,21,22)/t13-/m1/s1. The zero-order chi connectivity index (χ0) is 16.8. The van der Waals surface area contributed by atoms with E-state index in [2.05, 4.69) is 0 Å². The summed E-state index contributed by atoms with van der Waals surface area (Å²) in [5, 5.41) is 9.17. The first-order chi connectivity index (χ1) is 11.0. The van der Waals surface area contributed by atoms with Crippen LogP contribution in [-0.4, -0.2) is 47.0 Å². The summed E-state index contributed by atoms with van der Waals surface area (Å²) in [7, 11) is 0. The number of hydrogen-bond donors (Lipinski definition) is 2. The Bertz CT molecular complexity index is 585. The number of carboxylic acids is 1. The highest BCUT2D eigenvalue weighted by Crippen LogP contribution is 2.18. The Morgan fingerprint density at radius 2 is 1.91 bits per heavy atom. The van der Waals surface area contributed by atoms with Gasteiger partial charge >= 0.3 is 5.97 Å². The van der Waals surface area contributed by atoms with Gasteiger partial charge in [-0.15, -0.1) is 0 Å². The molecule has 1 heterocycles. The van der Waals surface area contributed by atoms with E-state index >= 15 is 0 Å². The van der Waals surface area contributed by atoms with E-state index in [1.54, 1.807) is 24.3 Å². The van der Waals surface area contributed by atoms with Crippen LogP contribution in [0.5, 0.6) is 5.75 Å². The van der Waals surface area contributed by atoms with Gasteiger partial charge in [-0.05, 0) is 37.0 Å². The maximum Gasteiger partial charge on any atom is 0.326 e. The molecule has 1 aromatic carbocycles. The number of aliphatic carboxylic acids is 1. The van der Waals surface area contributed by atoms with Gasteiger partial charge in [0.25, 0.3) is 5.91 Å². The summed E-state index contributed by atoms with van der Waals surface area (Å²) in [6, 6.07) is 5.93. The first-order valence-electron chi connectivity index (χ1n) is 7.49. The molecule has 1 saturated heterocycles. The Morgan fingerprint density at radius 3 is 2.52 bits per heavy atom. The van der Waals surface area contributed by atoms with Gasteiger partial charge in [-0.3, -0.25) is 9.59 Å². The molecule has 1 fully saturated rings. The SMILES string of the molecule is NC(=O)Cc1ccc(OCC(=O)N2CCCC[C@@H]2C(=O)O)cc1. The predicted octanol–water partition coefficient (Wildman–Crippen LogP) is 0.559. The lowest BCUT2D eigenvalue weighted by Gasteiger charge is -2.32. The summed E-state index contributed by atoms with van der Waals surface area (Å²) in [4.78, 5) is 35.6. The molecule has 0 aromatic heterocycles. The Kier molecular flexibility index (Phi) is 5.56. The lowest BCUT2D eigenvalue weighted by Crippen LogP contribution is -2.49. The van der Waals surface area contributed by atoms with Crippen LogP contribution in [0.2, 0.25) is 0 Å². The number of carbonyl (C=O) groups is 3. The minimum Gasteiger partial charge on any atom is -0.484 e. The van der Waals surface area contributed by atoms with Gasteiger partial charge in [0.2, 0.25) is 5.91 Å². The molecular weight excluding hydrogens is 300 g/mol. The van der Waals surface area contributed by atoms with E-state index in [1.165, 1.54) is 4.90 Å². The van der Waals surface area contributed by atoms with E-state index in [1.807, 2.05) is 0 Å². The number of benzene rings is 1. The highest BCUT2D eigenvalue weighted by Gasteiger charge is 2.31. The maximum atomic E-state index is 12.2. The number of amides is 2. The van der Waals surface area contributed by atoms with Gasteiger partial charge in [0, 0.05) is 6.54 Å². The zero-order valence-corrected chi connectivity index (χ0v) is 12.7. The number of nitrogens with two attached hydrogens (primary N) is 1. The van der Waals surface area contributed by atoms with E-state index < -0.39 is 17.9 Å². The molecule has 7 nitrogen and oxygen atoms in total. The van der Waals surface area contributed by atoms with Crippen molar-refractivity contribution in [3.63, 3.8) is 0 Å². The van der Waals surface area contributed by atoms with Gasteiger partial charge in [-0.2, -0.15) is 0 Å². The monoisotopic (exact) mass is 320 g/mol. The second-order valence-corrected chi connectivity index (χ2v) is 5.51. The second kappa shape index (κ2) is 7.62. The van der Waals surface area contributed by atoms with Crippen molar-refractivity contribution in [3.05, 3.63) is 29.8 Å². The molecule has 23 heavy (non-hydrogen) atoms. The van der Waals surface area contributed by atoms with Crippen molar-refractivity contribution in [2.45, 2.75) is 31.7 Å². The van der Waals surface area contributed by atoms with Crippen LogP contribution in [0.15, 0.2) is 24.3 Å². The number of hydrogen-bond acceptors (Lipinski definition) is 4. The Labute approximate surface area is 134 Å². The van der Waals surface area contributed by atoms with E-state index in [4.69, 9.17) is 10.5 Å². The van der Waals surface area contributed by atoms with E-state index in [9.17, 15) is 19.5 Å². The zero-order valence-electron chi connectivity index (χ0n) is 12.7. The van der Waals surface area contributed by atoms with E-state index in [0.717, 1.165) is 18.4 Å². The van der Waals surface area contributed by atoms with Gasteiger partial charge in [-0.1, -0.05) is 12.1 Å². The number of ether oxygens (including phenoxy) is 1. The minimum absolute atomic E-state index is 0.146. The van der Waals surface area contributed by atoms with Crippen LogP contribution in [0.3, 0.4) is 0 Å². The normalized spacial score (nSPS) is 17.6. The molecule has 0 radical (unpaired) electrons. The summed E-state index contributed by atoms with van der Waals surface area (Å²) < 4.78 is 5.41. The van der Waals surface area contributed by atoms with Crippen LogP contribution in [0.4, 0.5) is 0 Å². The summed E-state index contributed by atoms with van der Waals surface area (Å²) in [6.45, 7) is 0.232. The third-order valence-corrected chi connectivity index (χ3v) is 3.77. The molecule has 3 N–H and O–H groups in total. The van der Waals surface area contributed by atoms with Crippen LogP contribution in [0.25, 0.3) is 0 Å². The quantitative estimate of drug-likeness (QED) is 0.796. The van der Waals surface area contributed by atoms with Crippen LogP contribution in [0.1, 0.15) is 24.8 Å². The highest BCUT2D eigenvalue weighted by atomic mass is 16.5.